The van der Waals surface area contributed by atoms with Crippen molar-refractivity contribution in [2.24, 2.45) is 5.73 Å². The minimum Gasteiger partial charge on any atom is -0.485 e. The lowest BCUT2D eigenvalue weighted by atomic mass is 10.1. The van der Waals surface area contributed by atoms with Crippen molar-refractivity contribution in [2.75, 3.05) is 6.61 Å². The first-order valence-corrected chi connectivity index (χ1v) is 5.02. The third-order valence-electron chi connectivity index (χ3n) is 2.03. The maximum atomic E-state index is 12.6. The van der Waals surface area contributed by atoms with Crippen molar-refractivity contribution in [3.63, 3.8) is 0 Å². The Hall–Kier alpha value is -1.23. The summed E-state index contributed by atoms with van der Waals surface area (Å²) in [5, 5.41) is 0. The molecule has 1 rings (SSSR count). The quantitative estimate of drug-likeness (QED) is 0.864. The standard InChI is InChI=1S/C11H16F2N2O/c1-7-4-9(8(2)14)15-5-10(7)16-6-11(3,12)13/h4-5,8H,6,14H2,1-3H3. The van der Waals surface area contributed by atoms with E-state index >= 15 is 0 Å². The summed E-state index contributed by atoms with van der Waals surface area (Å²) in [5.41, 5.74) is 7.12. The van der Waals surface area contributed by atoms with Crippen molar-refractivity contribution in [3.8, 4) is 5.75 Å². The van der Waals surface area contributed by atoms with E-state index < -0.39 is 12.5 Å². The Morgan fingerprint density at radius 2 is 2.19 bits per heavy atom. The largest absolute Gasteiger partial charge is 0.485 e. The third-order valence-corrected chi connectivity index (χ3v) is 2.03. The maximum absolute atomic E-state index is 12.6. The van der Waals surface area contributed by atoms with Crippen molar-refractivity contribution in [2.45, 2.75) is 32.7 Å². The Kier molecular flexibility index (Phi) is 3.80. The average Bonchev–Trinajstić information content (AvgIpc) is 2.14. The molecule has 0 spiro atoms. The van der Waals surface area contributed by atoms with Gasteiger partial charge < -0.3 is 10.5 Å². The van der Waals surface area contributed by atoms with Gasteiger partial charge in [-0.1, -0.05) is 0 Å². The van der Waals surface area contributed by atoms with E-state index in [0.29, 0.717) is 11.4 Å². The van der Waals surface area contributed by atoms with E-state index in [2.05, 4.69) is 4.98 Å². The molecule has 1 atom stereocenters. The van der Waals surface area contributed by atoms with Crippen LogP contribution in [0.5, 0.6) is 5.75 Å². The third kappa shape index (κ3) is 3.73. The van der Waals surface area contributed by atoms with E-state index in [4.69, 9.17) is 10.5 Å². The van der Waals surface area contributed by atoms with Crippen LogP contribution in [0, 0.1) is 6.92 Å². The second kappa shape index (κ2) is 4.74. The van der Waals surface area contributed by atoms with Gasteiger partial charge in [-0.15, -0.1) is 0 Å². The van der Waals surface area contributed by atoms with E-state index in [1.807, 2.05) is 6.92 Å². The topological polar surface area (TPSA) is 48.1 Å². The number of rotatable bonds is 4. The number of alkyl halides is 2. The molecule has 0 aliphatic heterocycles. The SMILES string of the molecule is Cc1cc(C(C)N)ncc1OCC(C)(F)F. The zero-order valence-corrected chi connectivity index (χ0v) is 9.63. The summed E-state index contributed by atoms with van der Waals surface area (Å²) >= 11 is 0. The number of pyridine rings is 1. The number of nitrogens with zero attached hydrogens (tertiary/aromatic N) is 1. The molecule has 1 heterocycles. The molecule has 16 heavy (non-hydrogen) atoms. The molecule has 2 N–H and O–H groups in total. The molecule has 5 heteroatoms. The molecule has 3 nitrogen and oxygen atoms in total. The molecule has 0 radical (unpaired) electrons. The predicted molar refractivity (Wildman–Crippen MR) is 57.7 cm³/mol. The van der Waals surface area contributed by atoms with Crippen LogP contribution in [0.25, 0.3) is 0 Å². The van der Waals surface area contributed by atoms with Crippen molar-refractivity contribution < 1.29 is 13.5 Å². The molecule has 1 aromatic heterocycles. The molecule has 1 unspecified atom stereocenters. The van der Waals surface area contributed by atoms with Crippen LogP contribution in [0.2, 0.25) is 0 Å². The van der Waals surface area contributed by atoms with E-state index in [-0.39, 0.29) is 6.04 Å². The van der Waals surface area contributed by atoms with Crippen molar-refractivity contribution >= 4 is 0 Å². The zero-order valence-electron chi connectivity index (χ0n) is 9.63. The number of hydrogen-bond acceptors (Lipinski definition) is 3. The van der Waals surface area contributed by atoms with Crippen LogP contribution in [0.1, 0.15) is 31.1 Å². The fourth-order valence-corrected chi connectivity index (χ4v) is 1.17. The average molecular weight is 230 g/mol. The van der Waals surface area contributed by atoms with Gasteiger partial charge in [0.2, 0.25) is 0 Å². The highest BCUT2D eigenvalue weighted by molar-refractivity contribution is 5.31. The highest BCUT2D eigenvalue weighted by Crippen LogP contribution is 2.21. The summed E-state index contributed by atoms with van der Waals surface area (Å²) in [6.45, 7) is 3.75. The second-order valence-corrected chi connectivity index (χ2v) is 4.02. The van der Waals surface area contributed by atoms with Crippen LogP contribution >= 0.6 is 0 Å². The van der Waals surface area contributed by atoms with Crippen LogP contribution in [0.3, 0.4) is 0 Å². The number of aryl methyl sites for hydroxylation is 1. The number of hydrogen-bond donors (Lipinski definition) is 1. The summed E-state index contributed by atoms with van der Waals surface area (Å²) in [4.78, 5) is 4.04. The fourth-order valence-electron chi connectivity index (χ4n) is 1.17. The lowest BCUT2D eigenvalue weighted by Crippen LogP contribution is -2.21. The Labute approximate surface area is 93.6 Å². The van der Waals surface area contributed by atoms with Crippen LogP contribution in [0.15, 0.2) is 12.3 Å². The van der Waals surface area contributed by atoms with Crippen LogP contribution in [0.4, 0.5) is 8.78 Å². The fraction of sp³-hybridized carbons (Fsp3) is 0.545. The van der Waals surface area contributed by atoms with Gasteiger partial charge in [-0.05, 0) is 25.5 Å². The number of aromatic nitrogens is 1. The molecule has 1 aromatic rings. The molecule has 0 saturated heterocycles. The van der Waals surface area contributed by atoms with Gasteiger partial charge in [-0.25, -0.2) is 8.78 Å². The van der Waals surface area contributed by atoms with Gasteiger partial charge in [-0.3, -0.25) is 4.98 Å². The molecule has 0 saturated carbocycles. The van der Waals surface area contributed by atoms with E-state index in [0.717, 1.165) is 12.5 Å². The minimum absolute atomic E-state index is 0.180. The van der Waals surface area contributed by atoms with Crippen molar-refractivity contribution in [3.05, 3.63) is 23.5 Å². The van der Waals surface area contributed by atoms with E-state index in [1.165, 1.54) is 6.20 Å². The Morgan fingerprint density at radius 3 is 2.62 bits per heavy atom. The molecule has 90 valence electrons. The molecule has 0 aliphatic rings. The van der Waals surface area contributed by atoms with Gasteiger partial charge in [0, 0.05) is 13.0 Å². The highest BCUT2D eigenvalue weighted by Gasteiger charge is 2.22. The molecular weight excluding hydrogens is 214 g/mol. The van der Waals surface area contributed by atoms with Gasteiger partial charge >= 0.3 is 0 Å². The van der Waals surface area contributed by atoms with Crippen molar-refractivity contribution in [1.82, 2.24) is 4.98 Å². The minimum atomic E-state index is -2.84. The van der Waals surface area contributed by atoms with Crippen LogP contribution < -0.4 is 10.5 Å². The van der Waals surface area contributed by atoms with E-state index in [9.17, 15) is 8.78 Å². The lowest BCUT2D eigenvalue weighted by molar-refractivity contribution is -0.0232. The zero-order chi connectivity index (χ0) is 12.3. The Bertz CT molecular complexity index is 361. The van der Waals surface area contributed by atoms with Crippen LogP contribution in [-0.4, -0.2) is 17.5 Å². The Balaban J connectivity index is 2.76. The summed E-state index contributed by atoms with van der Waals surface area (Å²) in [7, 11) is 0. The maximum Gasteiger partial charge on any atom is 0.278 e. The monoisotopic (exact) mass is 230 g/mol. The first kappa shape index (κ1) is 12.8. The highest BCUT2D eigenvalue weighted by atomic mass is 19.3. The lowest BCUT2D eigenvalue weighted by Gasteiger charge is -2.14. The van der Waals surface area contributed by atoms with Crippen molar-refractivity contribution in [1.29, 1.82) is 0 Å². The number of ether oxygens (including phenoxy) is 1. The van der Waals surface area contributed by atoms with Crippen LogP contribution in [-0.2, 0) is 0 Å². The summed E-state index contributed by atoms with van der Waals surface area (Å²) < 4.78 is 30.1. The van der Waals surface area contributed by atoms with Gasteiger partial charge in [-0.2, -0.15) is 0 Å². The van der Waals surface area contributed by atoms with Gasteiger partial charge in [0.25, 0.3) is 5.92 Å². The normalized spacial score (nSPS) is 13.6. The van der Waals surface area contributed by atoms with Gasteiger partial charge in [0.15, 0.2) is 6.61 Å². The summed E-state index contributed by atoms with van der Waals surface area (Å²) in [6, 6.07) is 1.56. The molecule has 0 amide bonds. The van der Waals surface area contributed by atoms with Gasteiger partial charge in [0.05, 0.1) is 11.9 Å². The molecule has 0 aromatic carbocycles. The number of halogens is 2. The molecule has 0 aliphatic carbocycles. The smallest absolute Gasteiger partial charge is 0.278 e. The number of nitrogens with two attached hydrogens (primary N) is 1. The van der Waals surface area contributed by atoms with E-state index in [1.54, 1.807) is 13.0 Å². The predicted octanol–water partition coefficient (Wildman–Crippen LogP) is 2.44. The summed E-state index contributed by atoms with van der Waals surface area (Å²) in [6.07, 6.45) is 1.43. The molecule has 0 fully saturated rings. The van der Waals surface area contributed by atoms with Gasteiger partial charge in [0.1, 0.15) is 5.75 Å². The second-order valence-electron chi connectivity index (χ2n) is 4.02. The first-order chi connectivity index (χ1) is 7.29. The Morgan fingerprint density at radius 1 is 1.56 bits per heavy atom. The molecular formula is C11H16F2N2O. The summed E-state index contributed by atoms with van der Waals surface area (Å²) in [5.74, 6) is -2.47. The molecule has 0 bridgehead atoms. The first-order valence-electron chi connectivity index (χ1n) is 5.02.